The highest BCUT2D eigenvalue weighted by Crippen LogP contribution is 2.20. The van der Waals surface area contributed by atoms with Gasteiger partial charge in [-0.05, 0) is 56.9 Å². The van der Waals surface area contributed by atoms with Gasteiger partial charge in [0.1, 0.15) is 0 Å². The summed E-state index contributed by atoms with van der Waals surface area (Å²) in [5, 5.41) is 3.41. The maximum absolute atomic E-state index is 12.4. The van der Waals surface area contributed by atoms with Gasteiger partial charge in [-0.25, -0.2) is 0 Å². The molecule has 1 amide bonds. The van der Waals surface area contributed by atoms with Crippen molar-refractivity contribution in [1.82, 2.24) is 4.90 Å². The number of hydrogen-bond donors (Lipinski definition) is 1. The largest absolute Gasteiger partial charge is 0.469 e. The molecule has 0 unspecified atom stereocenters. The van der Waals surface area contributed by atoms with Crippen molar-refractivity contribution in [3.05, 3.63) is 29.3 Å². The molecule has 0 bridgehead atoms. The van der Waals surface area contributed by atoms with E-state index in [1.165, 1.54) is 18.2 Å². The number of aryl methyl sites for hydroxylation is 2. The minimum atomic E-state index is -0.160. The van der Waals surface area contributed by atoms with Crippen LogP contribution in [0.5, 0.6) is 0 Å². The van der Waals surface area contributed by atoms with Gasteiger partial charge < -0.3 is 15.0 Å². The monoisotopic (exact) mass is 332 g/mol. The van der Waals surface area contributed by atoms with E-state index in [1.807, 2.05) is 11.8 Å². The molecule has 1 atom stereocenters. The minimum absolute atomic E-state index is 0.0649. The van der Waals surface area contributed by atoms with Gasteiger partial charge in [0, 0.05) is 31.2 Å². The number of likely N-dealkylation sites (tertiary alicyclic amines) is 1. The molecule has 5 nitrogen and oxygen atoms in total. The van der Waals surface area contributed by atoms with E-state index in [0.717, 1.165) is 5.69 Å². The lowest BCUT2D eigenvalue weighted by Gasteiger charge is -2.31. The van der Waals surface area contributed by atoms with Crippen LogP contribution in [0.2, 0.25) is 0 Å². The summed E-state index contributed by atoms with van der Waals surface area (Å²) >= 11 is 0. The third-order valence-electron chi connectivity index (χ3n) is 4.50. The Balaban J connectivity index is 1.83. The molecule has 1 aromatic carbocycles. The number of piperidine rings is 1. The summed E-state index contributed by atoms with van der Waals surface area (Å²) in [6.45, 7) is 7.43. The van der Waals surface area contributed by atoms with E-state index in [0.29, 0.717) is 32.4 Å². The Morgan fingerprint density at radius 3 is 2.33 bits per heavy atom. The Morgan fingerprint density at radius 1 is 1.21 bits per heavy atom. The Hall–Kier alpha value is -2.04. The molecule has 24 heavy (non-hydrogen) atoms. The second-order valence-electron chi connectivity index (χ2n) is 6.80. The van der Waals surface area contributed by atoms with E-state index < -0.39 is 0 Å². The molecule has 0 aromatic heterocycles. The van der Waals surface area contributed by atoms with E-state index >= 15 is 0 Å². The second kappa shape index (κ2) is 8.18. The van der Waals surface area contributed by atoms with Crippen LogP contribution in [-0.2, 0) is 14.3 Å². The number of esters is 1. The van der Waals surface area contributed by atoms with Crippen LogP contribution in [0, 0.1) is 19.8 Å². The average Bonchev–Trinajstić information content (AvgIpc) is 2.53. The molecule has 0 saturated carbocycles. The second-order valence-corrected chi connectivity index (χ2v) is 6.80. The standard InChI is InChI=1S/C19H28N2O3/c1-13-9-14(2)11-17(10-13)20-15(3)12-18(22)21-7-5-16(6-8-21)19(23)24-4/h9-11,15-16,20H,5-8,12H2,1-4H3/t15-/m0/s1. The summed E-state index contributed by atoms with van der Waals surface area (Å²) in [5.74, 6) is -0.0838. The molecule has 1 fully saturated rings. The predicted octanol–water partition coefficient (Wildman–Crippen LogP) is 2.91. The SMILES string of the molecule is COC(=O)C1CCN(C(=O)C[C@H](C)Nc2cc(C)cc(C)c2)CC1. The quantitative estimate of drug-likeness (QED) is 0.842. The van der Waals surface area contributed by atoms with E-state index in [2.05, 4.69) is 37.4 Å². The van der Waals surface area contributed by atoms with Gasteiger partial charge in [0.2, 0.25) is 5.91 Å². The third kappa shape index (κ3) is 4.98. The number of ether oxygens (including phenoxy) is 1. The van der Waals surface area contributed by atoms with Gasteiger partial charge in [-0.15, -0.1) is 0 Å². The lowest BCUT2D eigenvalue weighted by atomic mass is 9.96. The van der Waals surface area contributed by atoms with Crippen molar-refractivity contribution in [2.45, 2.75) is 46.1 Å². The molecule has 1 aromatic rings. The van der Waals surface area contributed by atoms with Gasteiger partial charge in [-0.2, -0.15) is 0 Å². The number of hydrogen-bond acceptors (Lipinski definition) is 4. The highest BCUT2D eigenvalue weighted by atomic mass is 16.5. The van der Waals surface area contributed by atoms with Gasteiger partial charge in [0.05, 0.1) is 13.0 Å². The molecular formula is C19H28N2O3. The smallest absolute Gasteiger partial charge is 0.308 e. The number of benzene rings is 1. The lowest BCUT2D eigenvalue weighted by Crippen LogP contribution is -2.42. The molecule has 0 aliphatic carbocycles. The van der Waals surface area contributed by atoms with Crippen molar-refractivity contribution in [3.8, 4) is 0 Å². The van der Waals surface area contributed by atoms with Gasteiger partial charge in [-0.1, -0.05) is 6.07 Å². The Bertz CT molecular complexity index is 572. The molecule has 2 rings (SSSR count). The van der Waals surface area contributed by atoms with Crippen LogP contribution in [0.15, 0.2) is 18.2 Å². The number of carbonyl (C=O) groups excluding carboxylic acids is 2. The van der Waals surface area contributed by atoms with Crippen LogP contribution in [0.3, 0.4) is 0 Å². The predicted molar refractivity (Wildman–Crippen MR) is 94.9 cm³/mol. The fourth-order valence-electron chi connectivity index (χ4n) is 3.32. The number of methoxy groups -OCH3 is 1. The molecule has 1 N–H and O–H groups in total. The topological polar surface area (TPSA) is 58.6 Å². The summed E-state index contributed by atoms with van der Waals surface area (Å²) in [7, 11) is 1.42. The van der Waals surface area contributed by atoms with Crippen LogP contribution < -0.4 is 5.32 Å². The van der Waals surface area contributed by atoms with Crippen molar-refractivity contribution in [2.24, 2.45) is 5.92 Å². The maximum Gasteiger partial charge on any atom is 0.308 e. The fourth-order valence-corrected chi connectivity index (χ4v) is 3.32. The zero-order valence-electron chi connectivity index (χ0n) is 15.1. The molecule has 0 spiro atoms. The van der Waals surface area contributed by atoms with Gasteiger partial charge in [0.25, 0.3) is 0 Å². The first-order valence-corrected chi connectivity index (χ1v) is 8.59. The molecule has 132 valence electrons. The van der Waals surface area contributed by atoms with Crippen LogP contribution in [0.4, 0.5) is 5.69 Å². The maximum atomic E-state index is 12.4. The fraction of sp³-hybridized carbons (Fsp3) is 0.579. The summed E-state index contributed by atoms with van der Waals surface area (Å²) < 4.78 is 4.78. The summed E-state index contributed by atoms with van der Waals surface area (Å²) in [5.41, 5.74) is 3.47. The zero-order valence-corrected chi connectivity index (χ0v) is 15.1. The average molecular weight is 332 g/mol. The molecular weight excluding hydrogens is 304 g/mol. The molecule has 1 heterocycles. The number of carbonyl (C=O) groups is 2. The Kier molecular flexibility index (Phi) is 6.23. The van der Waals surface area contributed by atoms with E-state index in [4.69, 9.17) is 4.74 Å². The number of amides is 1. The van der Waals surface area contributed by atoms with Gasteiger partial charge in [-0.3, -0.25) is 9.59 Å². The van der Waals surface area contributed by atoms with Crippen molar-refractivity contribution < 1.29 is 14.3 Å². The lowest BCUT2D eigenvalue weighted by molar-refractivity contribution is -0.148. The van der Waals surface area contributed by atoms with Crippen molar-refractivity contribution in [2.75, 3.05) is 25.5 Å². The zero-order chi connectivity index (χ0) is 17.7. The first-order valence-electron chi connectivity index (χ1n) is 8.59. The van der Waals surface area contributed by atoms with Gasteiger partial charge >= 0.3 is 5.97 Å². The van der Waals surface area contributed by atoms with E-state index in [-0.39, 0.29) is 23.8 Å². The van der Waals surface area contributed by atoms with E-state index in [1.54, 1.807) is 0 Å². The molecule has 1 saturated heterocycles. The van der Waals surface area contributed by atoms with Gasteiger partial charge in [0.15, 0.2) is 0 Å². The third-order valence-corrected chi connectivity index (χ3v) is 4.50. The van der Waals surface area contributed by atoms with Crippen LogP contribution >= 0.6 is 0 Å². The van der Waals surface area contributed by atoms with Crippen molar-refractivity contribution in [3.63, 3.8) is 0 Å². The highest BCUT2D eigenvalue weighted by Gasteiger charge is 2.28. The Morgan fingerprint density at radius 2 is 1.79 bits per heavy atom. The first kappa shape index (κ1) is 18.3. The normalized spacial score (nSPS) is 16.6. The highest BCUT2D eigenvalue weighted by molar-refractivity contribution is 5.78. The Labute approximate surface area is 144 Å². The first-order chi connectivity index (χ1) is 11.4. The molecule has 5 heteroatoms. The number of nitrogens with one attached hydrogen (secondary N) is 1. The van der Waals surface area contributed by atoms with Crippen LogP contribution in [0.1, 0.15) is 37.3 Å². The summed E-state index contributed by atoms with van der Waals surface area (Å²) in [4.78, 5) is 25.9. The van der Waals surface area contributed by atoms with Crippen molar-refractivity contribution in [1.29, 1.82) is 0 Å². The molecule has 1 aliphatic heterocycles. The van der Waals surface area contributed by atoms with E-state index in [9.17, 15) is 9.59 Å². The summed E-state index contributed by atoms with van der Waals surface area (Å²) in [6.07, 6.45) is 1.84. The van der Waals surface area contributed by atoms with Crippen LogP contribution in [-0.4, -0.2) is 43.0 Å². The van der Waals surface area contributed by atoms with Crippen LogP contribution in [0.25, 0.3) is 0 Å². The molecule has 0 radical (unpaired) electrons. The minimum Gasteiger partial charge on any atom is -0.469 e. The number of anilines is 1. The van der Waals surface area contributed by atoms with Crippen molar-refractivity contribution >= 4 is 17.6 Å². The number of nitrogens with zero attached hydrogens (tertiary/aromatic N) is 1. The number of rotatable bonds is 5. The molecule has 1 aliphatic rings. The summed E-state index contributed by atoms with van der Waals surface area (Å²) in [6, 6.07) is 6.38.